The van der Waals surface area contributed by atoms with Crippen molar-refractivity contribution in [1.29, 1.82) is 0 Å². The molecule has 1 fully saturated rings. The van der Waals surface area contributed by atoms with Gasteiger partial charge in [0.15, 0.2) is 5.58 Å². The zero-order chi connectivity index (χ0) is 20.5. The van der Waals surface area contributed by atoms with Crippen LogP contribution in [0.4, 0.5) is 5.82 Å². The van der Waals surface area contributed by atoms with Crippen molar-refractivity contribution in [2.75, 3.05) is 31.1 Å². The fourth-order valence-corrected chi connectivity index (χ4v) is 3.58. The molecule has 0 aliphatic carbocycles. The summed E-state index contributed by atoms with van der Waals surface area (Å²) in [6.45, 7) is 8.69. The lowest BCUT2D eigenvalue weighted by Crippen LogP contribution is -2.50. The molecule has 4 rings (SSSR count). The number of oxazole rings is 1. The molecule has 0 spiro atoms. The number of carbonyl (C=O) groups is 1. The molecule has 1 saturated heterocycles. The van der Waals surface area contributed by atoms with E-state index in [1.54, 1.807) is 23.1 Å². The van der Waals surface area contributed by atoms with Gasteiger partial charge in [0.1, 0.15) is 18.2 Å². The van der Waals surface area contributed by atoms with Gasteiger partial charge in [-0.25, -0.2) is 14.8 Å². The van der Waals surface area contributed by atoms with Crippen LogP contribution in [-0.4, -0.2) is 51.5 Å². The van der Waals surface area contributed by atoms with Crippen molar-refractivity contribution in [1.82, 2.24) is 19.4 Å². The topological polar surface area (TPSA) is 84.5 Å². The van der Waals surface area contributed by atoms with Crippen molar-refractivity contribution in [3.8, 4) is 0 Å². The van der Waals surface area contributed by atoms with E-state index in [-0.39, 0.29) is 18.4 Å². The van der Waals surface area contributed by atoms with E-state index in [9.17, 15) is 9.59 Å². The standard InChI is InChI=1S/C21H25N5O3/c1-14(2)20-22-15(3)12-18(23-20)24-8-10-25(11-9-24)19(27)13-26-16-6-4-5-7-17(16)29-21(26)28/h4-7,12,14H,8-11,13H2,1-3H3. The second-order valence-corrected chi connectivity index (χ2v) is 7.67. The van der Waals surface area contributed by atoms with Crippen LogP contribution in [0.3, 0.4) is 0 Å². The molecule has 8 heteroatoms. The van der Waals surface area contributed by atoms with Gasteiger partial charge in [-0.1, -0.05) is 26.0 Å². The number of anilines is 1. The molecule has 1 amide bonds. The Morgan fingerprint density at radius 3 is 2.59 bits per heavy atom. The van der Waals surface area contributed by atoms with E-state index in [0.717, 1.165) is 17.3 Å². The summed E-state index contributed by atoms with van der Waals surface area (Å²) in [4.78, 5) is 38.1. The lowest BCUT2D eigenvalue weighted by molar-refractivity contribution is -0.132. The number of hydrogen-bond donors (Lipinski definition) is 0. The minimum absolute atomic E-state index is 0.0139. The summed E-state index contributed by atoms with van der Waals surface area (Å²) in [6, 6.07) is 9.13. The number of benzene rings is 1. The van der Waals surface area contributed by atoms with Gasteiger partial charge in [-0.3, -0.25) is 9.36 Å². The van der Waals surface area contributed by atoms with E-state index in [4.69, 9.17) is 4.42 Å². The Bertz CT molecular complexity index is 1090. The summed E-state index contributed by atoms with van der Waals surface area (Å²) in [6.07, 6.45) is 0. The first-order chi connectivity index (χ1) is 13.9. The third-order valence-corrected chi connectivity index (χ3v) is 5.20. The second kappa shape index (κ2) is 7.69. The Kier molecular flexibility index (Phi) is 5.08. The van der Waals surface area contributed by atoms with E-state index in [1.807, 2.05) is 19.1 Å². The third kappa shape index (κ3) is 3.87. The lowest BCUT2D eigenvalue weighted by Gasteiger charge is -2.35. The van der Waals surface area contributed by atoms with Crippen LogP contribution in [0.2, 0.25) is 0 Å². The van der Waals surface area contributed by atoms with Gasteiger partial charge in [-0.15, -0.1) is 0 Å². The molecule has 0 unspecified atom stereocenters. The molecular weight excluding hydrogens is 370 g/mol. The Morgan fingerprint density at radius 2 is 1.86 bits per heavy atom. The zero-order valence-corrected chi connectivity index (χ0v) is 17.0. The number of nitrogens with zero attached hydrogens (tertiary/aromatic N) is 5. The normalized spacial score (nSPS) is 14.8. The molecule has 0 saturated carbocycles. The quantitative estimate of drug-likeness (QED) is 0.673. The van der Waals surface area contributed by atoms with E-state index < -0.39 is 5.76 Å². The van der Waals surface area contributed by atoms with Crippen molar-refractivity contribution in [2.45, 2.75) is 33.2 Å². The summed E-state index contributed by atoms with van der Waals surface area (Å²) < 4.78 is 6.61. The van der Waals surface area contributed by atoms with Crippen LogP contribution in [0.5, 0.6) is 0 Å². The van der Waals surface area contributed by atoms with Crippen LogP contribution >= 0.6 is 0 Å². The average molecular weight is 395 g/mol. The highest BCUT2D eigenvalue weighted by Gasteiger charge is 2.24. The molecule has 1 aromatic carbocycles. The molecule has 2 aromatic heterocycles. The minimum Gasteiger partial charge on any atom is -0.408 e. The van der Waals surface area contributed by atoms with Crippen LogP contribution in [0.1, 0.15) is 31.3 Å². The van der Waals surface area contributed by atoms with Gasteiger partial charge in [0.05, 0.1) is 5.52 Å². The minimum atomic E-state index is -0.504. The van der Waals surface area contributed by atoms with Crippen LogP contribution in [0.15, 0.2) is 39.5 Å². The summed E-state index contributed by atoms with van der Waals surface area (Å²) in [7, 11) is 0. The molecule has 1 aliphatic rings. The van der Waals surface area contributed by atoms with Gasteiger partial charge in [0.25, 0.3) is 0 Å². The summed E-state index contributed by atoms with van der Waals surface area (Å²) in [5.74, 6) is 1.42. The largest absolute Gasteiger partial charge is 0.420 e. The molecule has 0 bridgehead atoms. The molecule has 0 N–H and O–H groups in total. The number of piperazine rings is 1. The Balaban J connectivity index is 1.44. The molecular formula is C21H25N5O3. The number of fused-ring (bicyclic) bond motifs is 1. The Morgan fingerprint density at radius 1 is 1.14 bits per heavy atom. The molecule has 3 aromatic rings. The van der Waals surface area contributed by atoms with Crippen LogP contribution in [0, 0.1) is 6.92 Å². The predicted octanol–water partition coefficient (Wildman–Crippen LogP) is 2.17. The Hall–Kier alpha value is -3.16. The zero-order valence-electron chi connectivity index (χ0n) is 17.0. The summed E-state index contributed by atoms with van der Waals surface area (Å²) in [5, 5.41) is 0. The predicted molar refractivity (Wildman–Crippen MR) is 110 cm³/mol. The van der Waals surface area contributed by atoms with Gasteiger partial charge >= 0.3 is 5.76 Å². The molecule has 0 radical (unpaired) electrons. The number of para-hydroxylation sites is 2. The number of aromatic nitrogens is 3. The fraction of sp³-hybridized carbons (Fsp3) is 0.429. The van der Waals surface area contributed by atoms with Crippen molar-refractivity contribution in [3.63, 3.8) is 0 Å². The number of aryl methyl sites for hydroxylation is 1. The highest BCUT2D eigenvalue weighted by Crippen LogP contribution is 2.19. The van der Waals surface area contributed by atoms with Crippen LogP contribution in [-0.2, 0) is 11.3 Å². The molecule has 3 heterocycles. The van der Waals surface area contributed by atoms with Gasteiger partial charge in [0.2, 0.25) is 5.91 Å². The first kappa shape index (κ1) is 19.2. The molecule has 152 valence electrons. The smallest absolute Gasteiger partial charge is 0.408 e. The van der Waals surface area contributed by atoms with Crippen molar-refractivity contribution < 1.29 is 9.21 Å². The van der Waals surface area contributed by atoms with Crippen LogP contribution < -0.4 is 10.7 Å². The van der Waals surface area contributed by atoms with Gasteiger partial charge < -0.3 is 14.2 Å². The number of amides is 1. The maximum atomic E-state index is 12.8. The van der Waals surface area contributed by atoms with Crippen molar-refractivity contribution in [2.24, 2.45) is 0 Å². The Labute approximate surface area is 168 Å². The van der Waals surface area contributed by atoms with E-state index >= 15 is 0 Å². The summed E-state index contributed by atoms with van der Waals surface area (Å²) >= 11 is 0. The molecule has 1 aliphatic heterocycles. The molecule has 0 atom stereocenters. The number of carbonyl (C=O) groups excluding carboxylic acids is 1. The van der Waals surface area contributed by atoms with E-state index in [0.29, 0.717) is 37.3 Å². The van der Waals surface area contributed by atoms with E-state index in [2.05, 4.69) is 28.7 Å². The van der Waals surface area contributed by atoms with Gasteiger partial charge in [-0.05, 0) is 19.1 Å². The first-order valence-electron chi connectivity index (χ1n) is 9.89. The lowest BCUT2D eigenvalue weighted by atomic mass is 10.2. The summed E-state index contributed by atoms with van der Waals surface area (Å²) in [5.41, 5.74) is 2.08. The van der Waals surface area contributed by atoms with Gasteiger partial charge in [0, 0.05) is 43.9 Å². The highest BCUT2D eigenvalue weighted by molar-refractivity contribution is 5.79. The number of rotatable bonds is 4. The number of hydrogen-bond acceptors (Lipinski definition) is 6. The highest BCUT2D eigenvalue weighted by atomic mass is 16.4. The molecule has 29 heavy (non-hydrogen) atoms. The van der Waals surface area contributed by atoms with Crippen molar-refractivity contribution in [3.05, 3.63) is 52.4 Å². The van der Waals surface area contributed by atoms with Gasteiger partial charge in [-0.2, -0.15) is 0 Å². The SMILES string of the molecule is Cc1cc(N2CCN(C(=O)Cn3c(=O)oc4ccccc43)CC2)nc(C(C)C)n1. The third-order valence-electron chi connectivity index (χ3n) is 5.20. The average Bonchev–Trinajstić information content (AvgIpc) is 3.03. The molecule has 8 nitrogen and oxygen atoms in total. The van der Waals surface area contributed by atoms with Crippen LogP contribution in [0.25, 0.3) is 11.1 Å². The van der Waals surface area contributed by atoms with E-state index in [1.165, 1.54) is 4.57 Å². The fourth-order valence-electron chi connectivity index (χ4n) is 3.58. The second-order valence-electron chi connectivity index (χ2n) is 7.67. The maximum Gasteiger partial charge on any atom is 0.420 e. The van der Waals surface area contributed by atoms with Crippen molar-refractivity contribution >= 4 is 22.8 Å². The maximum absolute atomic E-state index is 12.8. The first-order valence-corrected chi connectivity index (χ1v) is 9.89. The monoisotopic (exact) mass is 395 g/mol.